The molecule has 0 aliphatic carbocycles. The van der Waals surface area contributed by atoms with Crippen molar-refractivity contribution in [3.63, 3.8) is 0 Å². The Morgan fingerprint density at radius 1 is 0.920 bits per heavy atom. The van der Waals surface area contributed by atoms with Crippen LogP contribution < -0.4 is 10.6 Å². The molecule has 0 fully saturated rings. The third kappa shape index (κ3) is 5.95. The number of carbonyl (C=O) groups excluding carboxylic acids is 2. The second kappa shape index (κ2) is 8.86. The highest BCUT2D eigenvalue weighted by atomic mass is 19.1. The topological polar surface area (TPSA) is 58.2 Å². The second-order valence-corrected chi connectivity index (χ2v) is 5.39. The first-order valence-electron chi connectivity index (χ1n) is 7.70. The molecule has 0 unspecified atom stereocenters. The van der Waals surface area contributed by atoms with E-state index in [1.807, 2.05) is 0 Å². The monoisotopic (exact) mass is 350 g/mol. The van der Waals surface area contributed by atoms with Crippen molar-refractivity contribution in [3.8, 4) is 0 Å². The van der Waals surface area contributed by atoms with Crippen LogP contribution in [0.25, 0.3) is 0 Å². The van der Waals surface area contributed by atoms with Gasteiger partial charge in [-0.1, -0.05) is 12.1 Å². The number of hydrogen-bond acceptors (Lipinski definition) is 2. The first-order valence-corrected chi connectivity index (χ1v) is 7.70. The van der Waals surface area contributed by atoms with E-state index in [0.29, 0.717) is 18.1 Å². The Labute approximate surface area is 143 Å². The minimum absolute atomic E-state index is 0.154. The van der Waals surface area contributed by atoms with Gasteiger partial charge >= 0.3 is 0 Å². The van der Waals surface area contributed by atoms with Crippen LogP contribution in [0.4, 0.5) is 13.2 Å². The predicted molar refractivity (Wildman–Crippen MR) is 86.2 cm³/mol. The largest absolute Gasteiger partial charge is 0.352 e. The number of hydrogen-bond donors (Lipinski definition) is 2. The molecule has 0 radical (unpaired) electrons. The van der Waals surface area contributed by atoms with Crippen LogP contribution in [0.1, 0.15) is 28.8 Å². The highest BCUT2D eigenvalue weighted by Gasteiger charge is 2.12. The number of halogens is 3. The fourth-order valence-electron chi connectivity index (χ4n) is 2.16. The highest BCUT2D eigenvalue weighted by molar-refractivity contribution is 5.94. The van der Waals surface area contributed by atoms with Crippen LogP contribution >= 0.6 is 0 Å². The molecule has 2 rings (SSSR count). The van der Waals surface area contributed by atoms with Crippen molar-refractivity contribution in [1.29, 1.82) is 0 Å². The van der Waals surface area contributed by atoms with Crippen molar-refractivity contribution >= 4 is 11.8 Å². The maximum absolute atomic E-state index is 13.4. The molecule has 132 valence electrons. The van der Waals surface area contributed by atoms with Crippen LogP contribution in [0, 0.1) is 17.5 Å². The Kier molecular flexibility index (Phi) is 6.56. The lowest BCUT2D eigenvalue weighted by atomic mass is 10.2. The molecule has 2 N–H and O–H groups in total. The van der Waals surface area contributed by atoms with E-state index in [9.17, 15) is 22.8 Å². The van der Waals surface area contributed by atoms with Crippen LogP contribution in [0.2, 0.25) is 0 Å². The van der Waals surface area contributed by atoms with Gasteiger partial charge in [0, 0.05) is 25.6 Å². The van der Waals surface area contributed by atoms with Gasteiger partial charge in [0.05, 0.1) is 5.56 Å². The first-order chi connectivity index (χ1) is 12.0. The third-order valence-electron chi connectivity index (χ3n) is 3.42. The Morgan fingerprint density at radius 3 is 2.40 bits per heavy atom. The van der Waals surface area contributed by atoms with Gasteiger partial charge in [-0.15, -0.1) is 0 Å². The quantitative estimate of drug-likeness (QED) is 0.755. The Hall–Kier alpha value is -2.83. The van der Waals surface area contributed by atoms with Gasteiger partial charge in [-0.3, -0.25) is 9.59 Å². The molecule has 0 bridgehead atoms. The van der Waals surface area contributed by atoms with Crippen LogP contribution in [-0.2, 0) is 11.3 Å². The lowest BCUT2D eigenvalue weighted by Gasteiger charge is -2.07. The number of rotatable bonds is 7. The highest BCUT2D eigenvalue weighted by Crippen LogP contribution is 2.09. The Balaban J connectivity index is 1.68. The SMILES string of the molecule is O=C(CCCNC(=O)c1ccc(F)cc1F)NCc1cccc(F)c1. The lowest BCUT2D eigenvalue weighted by Crippen LogP contribution is -2.28. The van der Waals surface area contributed by atoms with Gasteiger partial charge in [0.1, 0.15) is 17.5 Å². The van der Waals surface area contributed by atoms with E-state index in [2.05, 4.69) is 10.6 Å². The molecule has 4 nitrogen and oxygen atoms in total. The molecule has 2 amide bonds. The molecule has 0 saturated carbocycles. The van der Waals surface area contributed by atoms with E-state index in [4.69, 9.17) is 0 Å². The summed E-state index contributed by atoms with van der Waals surface area (Å²) in [5, 5.41) is 5.11. The average molecular weight is 350 g/mol. The minimum atomic E-state index is -0.940. The molecule has 2 aromatic rings. The van der Waals surface area contributed by atoms with Gasteiger partial charge in [-0.05, 0) is 36.2 Å². The van der Waals surface area contributed by atoms with Crippen molar-refractivity contribution in [2.75, 3.05) is 6.54 Å². The molecule has 0 atom stereocenters. The van der Waals surface area contributed by atoms with Crippen molar-refractivity contribution in [2.24, 2.45) is 0 Å². The van der Waals surface area contributed by atoms with E-state index >= 15 is 0 Å². The first kappa shape index (κ1) is 18.5. The van der Waals surface area contributed by atoms with Crippen LogP contribution in [0.3, 0.4) is 0 Å². The Bertz CT molecular complexity index is 766. The summed E-state index contributed by atoms with van der Waals surface area (Å²) in [5.41, 5.74) is 0.394. The molecule has 0 spiro atoms. The van der Waals surface area contributed by atoms with Gasteiger partial charge in [-0.25, -0.2) is 13.2 Å². The summed E-state index contributed by atoms with van der Waals surface area (Å²) in [7, 11) is 0. The van der Waals surface area contributed by atoms with E-state index in [-0.39, 0.29) is 36.8 Å². The third-order valence-corrected chi connectivity index (χ3v) is 3.42. The Morgan fingerprint density at radius 2 is 1.68 bits per heavy atom. The summed E-state index contributed by atoms with van der Waals surface area (Å²) in [4.78, 5) is 23.4. The molecule has 0 aliphatic heterocycles. The molecule has 0 aromatic heterocycles. The molecule has 2 aromatic carbocycles. The normalized spacial score (nSPS) is 10.4. The summed E-state index contributed by atoms with van der Waals surface area (Å²) in [5.74, 6) is -2.99. The molecule has 0 saturated heterocycles. The molecular formula is C18H17F3N2O2. The van der Waals surface area contributed by atoms with Gasteiger partial charge in [0.25, 0.3) is 5.91 Å². The lowest BCUT2D eigenvalue weighted by molar-refractivity contribution is -0.121. The second-order valence-electron chi connectivity index (χ2n) is 5.39. The van der Waals surface area contributed by atoms with Crippen molar-refractivity contribution < 1.29 is 22.8 Å². The number of benzene rings is 2. The van der Waals surface area contributed by atoms with E-state index in [1.54, 1.807) is 12.1 Å². The van der Waals surface area contributed by atoms with Gasteiger partial charge in [-0.2, -0.15) is 0 Å². The van der Waals surface area contributed by atoms with Gasteiger partial charge < -0.3 is 10.6 Å². The van der Waals surface area contributed by atoms with Crippen molar-refractivity contribution in [2.45, 2.75) is 19.4 Å². The van der Waals surface area contributed by atoms with Crippen molar-refractivity contribution in [1.82, 2.24) is 10.6 Å². The van der Waals surface area contributed by atoms with Crippen LogP contribution in [0.5, 0.6) is 0 Å². The zero-order chi connectivity index (χ0) is 18.2. The molecular weight excluding hydrogens is 333 g/mol. The summed E-state index contributed by atoms with van der Waals surface area (Å²) in [6.07, 6.45) is 0.505. The average Bonchev–Trinajstić information content (AvgIpc) is 2.57. The van der Waals surface area contributed by atoms with Crippen LogP contribution in [-0.4, -0.2) is 18.4 Å². The van der Waals surface area contributed by atoms with Gasteiger partial charge in [0.2, 0.25) is 5.91 Å². The predicted octanol–water partition coefficient (Wildman–Crippen LogP) is 2.93. The molecule has 0 heterocycles. The van der Waals surface area contributed by atoms with E-state index < -0.39 is 17.5 Å². The molecule has 0 aliphatic rings. The molecule has 7 heteroatoms. The summed E-state index contributed by atoms with van der Waals surface area (Å²) in [6.45, 7) is 0.382. The standard InChI is InChI=1S/C18H17F3N2O2/c19-13-4-1-3-12(9-13)11-23-17(24)5-2-8-22-18(25)15-7-6-14(20)10-16(15)21/h1,3-4,6-7,9-10H,2,5,8,11H2,(H,22,25)(H,23,24). The van der Waals surface area contributed by atoms with Gasteiger partial charge in [0.15, 0.2) is 0 Å². The maximum atomic E-state index is 13.4. The smallest absolute Gasteiger partial charge is 0.254 e. The number of amides is 2. The summed E-state index contributed by atoms with van der Waals surface area (Å²) < 4.78 is 39.2. The van der Waals surface area contributed by atoms with Crippen LogP contribution in [0.15, 0.2) is 42.5 Å². The number of carbonyl (C=O) groups is 2. The fourth-order valence-corrected chi connectivity index (χ4v) is 2.16. The summed E-state index contributed by atoms with van der Waals surface area (Å²) in [6, 6.07) is 8.59. The van der Waals surface area contributed by atoms with E-state index in [1.165, 1.54) is 12.1 Å². The van der Waals surface area contributed by atoms with E-state index in [0.717, 1.165) is 12.1 Å². The number of nitrogens with one attached hydrogen (secondary N) is 2. The summed E-state index contributed by atoms with van der Waals surface area (Å²) >= 11 is 0. The maximum Gasteiger partial charge on any atom is 0.254 e. The zero-order valence-corrected chi connectivity index (χ0v) is 13.3. The van der Waals surface area contributed by atoms with Crippen molar-refractivity contribution in [3.05, 3.63) is 71.0 Å². The fraction of sp³-hybridized carbons (Fsp3) is 0.222. The minimum Gasteiger partial charge on any atom is -0.352 e. The molecule has 25 heavy (non-hydrogen) atoms. The zero-order valence-electron chi connectivity index (χ0n) is 13.3.